The maximum atomic E-state index is 2.51. The van der Waals surface area contributed by atoms with E-state index in [-0.39, 0.29) is 0 Å². The van der Waals surface area contributed by atoms with Crippen LogP contribution in [0.3, 0.4) is 0 Å². The number of fused-ring (bicyclic) bond motifs is 11. The Balaban J connectivity index is 0.000000146. The number of nitrogens with zero attached hydrogens (tertiary/aromatic N) is 4. The van der Waals surface area contributed by atoms with Crippen LogP contribution in [0.25, 0.3) is 76.1 Å². The molecule has 2 heterocycles. The van der Waals surface area contributed by atoms with E-state index in [0.29, 0.717) is 0 Å². The molecule has 2 aliphatic rings. The summed E-state index contributed by atoms with van der Waals surface area (Å²) in [7, 11) is -5.73. The van der Waals surface area contributed by atoms with E-state index >= 15 is 0 Å². The van der Waals surface area contributed by atoms with Crippen molar-refractivity contribution in [2.75, 3.05) is 19.6 Å². The first-order chi connectivity index (χ1) is 60.6. The maximum absolute atomic E-state index is 2.87. The largest absolute Gasteiger partial charge is 0.311 e. The summed E-state index contributed by atoms with van der Waals surface area (Å²) in [6.07, 6.45) is 0. The molecule has 0 atom stereocenters. The topological polar surface area (TPSA) is 13.0 Å². The summed E-state index contributed by atoms with van der Waals surface area (Å²) in [4.78, 5) is 9.97. The molecule has 0 unspecified atom stereocenters. The van der Waals surface area contributed by atoms with Crippen molar-refractivity contribution in [2.45, 2.75) is 0 Å². The van der Waals surface area contributed by atoms with Crippen LogP contribution in [0.4, 0.5) is 68.2 Å². The molecule has 122 heavy (non-hydrogen) atoms. The minimum absolute atomic E-state index is 1.09. The van der Waals surface area contributed by atoms with Crippen LogP contribution in [0.2, 0.25) is 0 Å². The third kappa shape index (κ3) is 12.3. The van der Waals surface area contributed by atoms with Crippen LogP contribution < -0.4 is 61.1 Å². The first-order valence-corrected chi connectivity index (χ1v) is 46.1. The molecule has 0 spiro atoms. The van der Waals surface area contributed by atoms with Gasteiger partial charge in [-0.15, -0.1) is 0 Å². The van der Waals surface area contributed by atoms with Crippen molar-refractivity contribution in [2.24, 2.45) is 0 Å². The molecule has 0 saturated carbocycles. The molecular weight excluding hydrogens is 1510 g/mol. The van der Waals surface area contributed by atoms with E-state index in [1.807, 2.05) is 0 Å². The summed E-state index contributed by atoms with van der Waals surface area (Å²) < 4.78 is 0. The van der Waals surface area contributed by atoms with Crippen LogP contribution in [0, 0.1) is 0 Å². The van der Waals surface area contributed by atoms with Crippen molar-refractivity contribution in [3.05, 3.63) is 497 Å². The number of rotatable bonds is 14. The summed E-state index contributed by atoms with van der Waals surface area (Å²) in [5.74, 6) is 0. The Morgan fingerprint density at radius 3 is 0.885 bits per heavy atom. The third-order valence-corrected chi connectivity index (χ3v) is 34.9. The molecule has 0 aromatic heterocycles. The van der Waals surface area contributed by atoms with Crippen LogP contribution in [0.5, 0.6) is 0 Å². The molecule has 6 heteroatoms. The Morgan fingerprint density at radius 2 is 0.467 bits per heavy atom. The highest BCUT2D eigenvalue weighted by Crippen LogP contribution is 2.50. The summed E-state index contributed by atoms with van der Waals surface area (Å²) >= 11 is 0. The van der Waals surface area contributed by atoms with Crippen molar-refractivity contribution in [3.63, 3.8) is 0 Å². The van der Waals surface area contributed by atoms with Crippen molar-refractivity contribution in [1.29, 1.82) is 0 Å². The van der Waals surface area contributed by atoms with Crippen LogP contribution in [-0.4, -0.2) is 16.1 Å². The molecule has 21 aromatic carbocycles. The van der Waals surface area contributed by atoms with E-state index in [2.05, 4.69) is 517 Å². The summed E-state index contributed by atoms with van der Waals surface area (Å²) in [5, 5.41) is 23.3. The predicted molar refractivity (Wildman–Crippen MR) is 524 cm³/mol. The van der Waals surface area contributed by atoms with Crippen LogP contribution in [0.15, 0.2) is 497 Å². The van der Waals surface area contributed by atoms with E-state index in [0.717, 1.165) is 45.5 Å². The molecule has 574 valence electrons. The maximum Gasteiger partial charge on any atom is 0.184 e. The fourth-order valence-corrected chi connectivity index (χ4v) is 30.0. The second kappa shape index (κ2) is 31.1. The van der Waals surface area contributed by atoms with Gasteiger partial charge in [-0.25, -0.2) is 0 Å². The van der Waals surface area contributed by atoms with Crippen LogP contribution in [-0.2, 0) is 0 Å². The molecule has 0 fully saturated rings. The summed E-state index contributed by atoms with van der Waals surface area (Å²) in [6.45, 7) is 0. The lowest BCUT2D eigenvalue weighted by Crippen LogP contribution is -2.77. The third-order valence-electron chi connectivity index (χ3n) is 25.2. The molecule has 21 aromatic rings. The van der Waals surface area contributed by atoms with Gasteiger partial charge >= 0.3 is 0 Å². The van der Waals surface area contributed by atoms with Crippen LogP contribution in [0.1, 0.15) is 0 Å². The molecule has 0 amide bonds. The van der Waals surface area contributed by atoms with Crippen molar-refractivity contribution < 1.29 is 0 Å². The first-order valence-electron chi connectivity index (χ1n) is 42.1. The van der Waals surface area contributed by atoms with E-state index in [4.69, 9.17) is 0 Å². The van der Waals surface area contributed by atoms with Crippen LogP contribution >= 0.6 is 0 Å². The highest BCUT2D eigenvalue weighted by atomic mass is 28.3. The normalized spacial score (nSPS) is 12.9. The van der Waals surface area contributed by atoms with Crippen molar-refractivity contribution >= 4 is 180 Å². The van der Waals surface area contributed by atoms with Gasteiger partial charge in [0.25, 0.3) is 0 Å². The van der Waals surface area contributed by atoms with Gasteiger partial charge in [0.05, 0.1) is 11.4 Å². The SMILES string of the molecule is c1ccc(-c2ccc(N(c3ccc4c(c3)N(c3ccccc3)c3ccccc3[Si]4(c3ccccc3)c3ccccc3)c3cc4ccccc4c4ccccc34)cc2)cc1.c1ccc(N2c3ccccc3[Si](c3ccccc3)(c3ccccc3)c3ccc(N(c4ccc(-c5cccc6ccccc56)cc4)c4cc5ccccc5c5ccccc45)cc32)cc1. The van der Waals surface area contributed by atoms with Gasteiger partial charge in [-0.1, -0.05) is 400 Å². The van der Waals surface area contributed by atoms with Gasteiger partial charge in [-0.3, -0.25) is 0 Å². The molecule has 0 bridgehead atoms. The zero-order valence-corrected chi connectivity index (χ0v) is 69.1. The molecule has 0 radical (unpaired) electrons. The Hall–Kier alpha value is -15.4. The number of benzene rings is 21. The Kier molecular flexibility index (Phi) is 18.6. The summed E-state index contributed by atoms with van der Waals surface area (Å²) in [5.41, 5.74) is 18.6. The van der Waals surface area contributed by atoms with Crippen molar-refractivity contribution in [1.82, 2.24) is 0 Å². The van der Waals surface area contributed by atoms with Gasteiger partial charge in [0.15, 0.2) is 16.1 Å². The standard InChI is InChI=1S/C60H42N2Si.C56H40N2Si/c1-4-22-46(23-5-1)62-56-33-16-17-34-59(56)63(49-24-6-2-7-25-49,50-26-8-3-9-27-50)60-40-39-48(42-58(60)62)61(57-41-45-20-11-13-29-53(45)54-30-14-15-31-55(54)57)47-37-35-44(36-38-47)52-32-18-21-43-19-10-12-28-51(43)52;1-5-19-41(20-6-1)42-33-35-45(36-34-42)57(53-39-43-21-13-14-28-49(43)50-29-15-16-30-51(50)53)46-37-38-56-54(40-46)58(44-22-7-2-8-23-44)52-31-17-18-32-55(52)59(56,47-24-9-3-10-25-47)48-26-11-4-12-27-48/h1-42H;1-40H. The molecule has 23 rings (SSSR count). The average molecular weight is 1590 g/mol. The molecular formula is C116H82N4Si2. The molecule has 0 saturated heterocycles. The lowest BCUT2D eigenvalue weighted by Gasteiger charge is -2.45. The van der Waals surface area contributed by atoms with E-state index in [1.54, 1.807) is 0 Å². The number of hydrogen-bond donors (Lipinski definition) is 0. The number of anilines is 12. The number of para-hydroxylation sites is 4. The number of hydrogen-bond acceptors (Lipinski definition) is 4. The molecule has 0 N–H and O–H groups in total. The summed E-state index contributed by atoms with van der Waals surface area (Å²) in [6, 6.07) is 184. The Morgan fingerprint density at radius 1 is 0.172 bits per heavy atom. The second-order valence-electron chi connectivity index (χ2n) is 31.7. The molecule has 4 nitrogen and oxygen atoms in total. The highest BCUT2D eigenvalue weighted by molar-refractivity contribution is 7.22. The monoisotopic (exact) mass is 1590 g/mol. The lowest BCUT2D eigenvalue weighted by molar-refractivity contribution is 1.26. The molecule has 0 aliphatic carbocycles. The fourth-order valence-electron chi connectivity index (χ4n) is 19.9. The van der Waals surface area contributed by atoms with Gasteiger partial charge in [0, 0.05) is 67.6 Å². The Labute approximate surface area is 713 Å². The first kappa shape index (κ1) is 73.0. The second-order valence-corrected chi connectivity index (χ2v) is 39.2. The van der Waals surface area contributed by atoms with Gasteiger partial charge in [0.2, 0.25) is 0 Å². The van der Waals surface area contributed by atoms with E-state index < -0.39 is 16.1 Å². The minimum atomic E-state index is -2.87. The predicted octanol–water partition coefficient (Wildman–Crippen LogP) is 25.7. The molecule has 2 aliphatic heterocycles. The zero-order chi connectivity index (χ0) is 80.9. The van der Waals surface area contributed by atoms with E-state index in [1.165, 1.54) is 140 Å². The zero-order valence-electron chi connectivity index (χ0n) is 67.1. The van der Waals surface area contributed by atoms with Gasteiger partial charge in [-0.2, -0.15) is 0 Å². The van der Waals surface area contributed by atoms with Gasteiger partial charge in [-0.05, 0) is 204 Å². The van der Waals surface area contributed by atoms with Gasteiger partial charge < -0.3 is 19.6 Å². The van der Waals surface area contributed by atoms with E-state index in [9.17, 15) is 0 Å². The lowest BCUT2D eigenvalue weighted by atomic mass is 9.97. The Bertz CT molecular complexity index is 7360. The van der Waals surface area contributed by atoms with Gasteiger partial charge in [0.1, 0.15) is 0 Å². The quantitative estimate of drug-likeness (QED) is 0.0795. The average Bonchev–Trinajstić information content (AvgIpc) is 0.696. The fraction of sp³-hybridized carbons (Fsp3) is 0. The highest BCUT2D eigenvalue weighted by Gasteiger charge is 2.51. The van der Waals surface area contributed by atoms with Crippen molar-refractivity contribution in [3.8, 4) is 22.3 Å². The smallest absolute Gasteiger partial charge is 0.184 e. The minimum Gasteiger partial charge on any atom is -0.311 e.